The smallest absolute Gasteiger partial charge is 0.274 e. The van der Waals surface area contributed by atoms with Gasteiger partial charge < -0.3 is 9.13 Å². The molecule has 7 nitrogen and oxygen atoms in total. The molecule has 0 aliphatic heterocycles. The zero-order valence-corrected chi connectivity index (χ0v) is 17.0. The Morgan fingerprint density at radius 3 is 2.68 bits per heavy atom. The Hall–Kier alpha value is -2.87. The van der Waals surface area contributed by atoms with E-state index >= 15 is 0 Å². The molecule has 146 valence electrons. The van der Waals surface area contributed by atoms with Gasteiger partial charge in [-0.05, 0) is 31.5 Å². The van der Waals surface area contributed by atoms with Gasteiger partial charge in [0.25, 0.3) is 5.91 Å². The molecule has 0 aliphatic rings. The SMILES string of the molecule is CCCn1c(SCC(=O)NC(=O)c2cccn2C)nnc1-c1cccc(C)c1. The summed E-state index contributed by atoms with van der Waals surface area (Å²) in [4.78, 5) is 24.3. The molecule has 0 radical (unpaired) electrons. The Morgan fingerprint density at radius 1 is 1.18 bits per heavy atom. The molecule has 2 heterocycles. The second kappa shape index (κ2) is 8.88. The van der Waals surface area contributed by atoms with Crippen LogP contribution in [-0.4, -0.2) is 36.9 Å². The minimum atomic E-state index is -0.409. The summed E-state index contributed by atoms with van der Waals surface area (Å²) < 4.78 is 3.69. The maximum absolute atomic E-state index is 12.2. The number of carbonyl (C=O) groups is 2. The van der Waals surface area contributed by atoms with Crippen molar-refractivity contribution in [2.24, 2.45) is 7.05 Å². The molecule has 0 saturated carbocycles. The lowest BCUT2D eigenvalue weighted by atomic mass is 10.1. The Bertz CT molecular complexity index is 992. The molecule has 0 aliphatic carbocycles. The minimum Gasteiger partial charge on any atom is -0.347 e. The van der Waals surface area contributed by atoms with Crippen LogP contribution in [0.4, 0.5) is 0 Å². The van der Waals surface area contributed by atoms with Gasteiger partial charge in [-0.2, -0.15) is 0 Å². The number of hydrogen-bond acceptors (Lipinski definition) is 5. The number of benzene rings is 1. The van der Waals surface area contributed by atoms with Crippen molar-refractivity contribution in [3.05, 3.63) is 53.9 Å². The van der Waals surface area contributed by atoms with Crippen LogP contribution >= 0.6 is 11.8 Å². The molecule has 8 heteroatoms. The summed E-state index contributed by atoms with van der Waals surface area (Å²) in [5.74, 6) is 0.104. The normalized spacial score (nSPS) is 10.8. The number of aryl methyl sites for hydroxylation is 2. The van der Waals surface area contributed by atoms with E-state index in [1.54, 1.807) is 29.9 Å². The lowest BCUT2D eigenvalue weighted by Gasteiger charge is -2.09. The van der Waals surface area contributed by atoms with E-state index in [0.717, 1.165) is 29.9 Å². The Balaban J connectivity index is 1.69. The highest BCUT2D eigenvalue weighted by atomic mass is 32.2. The quantitative estimate of drug-likeness (QED) is 0.620. The van der Waals surface area contributed by atoms with Crippen LogP contribution in [0, 0.1) is 6.92 Å². The van der Waals surface area contributed by atoms with Gasteiger partial charge in [0.05, 0.1) is 5.75 Å². The third-order valence-corrected chi connectivity index (χ3v) is 5.17. The van der Waals surface area contributed by atoms with Crippen LogP contribution in [0.15, 0.2) is 47.8 Å². The largest absolute Gasteiger partial charge is 0.347 e. The van der Waals surface area contributed by atoms with Gasteiger partial charge in [0.15, 0.2) is 11.0 Å². The predicted octanol–water partition coefficient (Wildman–Crippen LogP) is 3.05. The summed E-state index contributed by atoms with van der Waals surface area (Å²) in [6, 6.07) is 11.5. The Morgan fingerprint density at radius 2 is 2.00 bits per heavy atom. The van der Waals surface area contributed by atoms with E-state index in [2.05, 4.69) is 28.5 Å². The average molecular weight is 398 g/mol. The Labute approximate surface area is 168 Å². The molecule has 0 saturated heterocycles. The maximum Gasteiger partial charge on any atom is 0.274 e. The molecule has 0 unspecified atom stereocenters. The van der Waals surface area contributed by atoms with Crippen LogP contribution in [-0.2, 0) is 18.4 Å². The fraction of sp³-hybridized carbons (Fsp3) is 0.300. The highest BCUT2D eigenvalue weighted by molar-refractivity contribution is 7.99. The summed E-state index contributed by atoms with van der Waals surface area (Å²) in [7, 11) is 1.76. The number of hydrogen-bond donors (Lipinski definition) is 1. The second-order valence-corrected chi connectivity index (χ2v) is 7.44. The monoisotopic (exact) mass is 397 g/mol. The molecule has 2 amide bonds. The second-order valence-electron chi connectivity index (χ2n) is 6.50. The van der Waals surface area contributed by atoms with Crippen LogP contribution in [0.25, 0.3) is 11.4 Å². The maximum atomic E-state index is 12.2. The molecule has 28 heavy (non-hydrogen) atoms. The van der Waals surface area contributed by atoms with Crippen LogP contribution < -0.4 is 5.32 Å². The van der Waals surface area contributed by atoms with Gasteiger partial charge >= 0.3 is 0 Å². The van der Waals surface area contributed by atoms with Crippen molar-refractivity contribution in [2.45, 2.75) is 32.0 Å². The first-order valence-electron chi connectivity index (χ1n) is 9.08. The fourth-order valence-corrected chi connectivity index (χ4v) is 3.64. The molecule has 1 aromatic carbocycles. The Kier molecular flexibility index (Phi) is 6.30. The highest BCUT2D eigenvalue weighted by Gasteiger charge is 2.17. The molecule has 3 aromatic rings. The van der Waals surface area contributed by atoms with Crippen molar-refractivity contribution in [1.29, 1.82) is 0 Å². The van der Waals surface area contributed by atoms with Crippen LogP contribution in [0.3, 0.4) is 0 Å². The molecule has 0 fully saturated rings. The number of aromatic nitrogens is 4. The summed E-state index contributed by atoms with van der Waals surface area (Å²) in [5, 5.41) is 11.7. The van der Waals surface area contributed by atoms with Gasteiger partial charge in [0.1, 0.15) is 5.69 Å². The van der Waals surface area contributed by atoms with Gasteiger partial charge in [0, 0.05) is 25.4 Å². The average Bonchev–Trinajstić information content (AvgIpc) is 3.26. The third kappa shape index (κ3) is 4.51. The van der Waals surface area contributed by atoms with E-state index in [0.29, 0.717) is 10.9 Å². The van der Waals surface area contributed by atoms with Crippen LogP contribution in [0.5, 0.6) is 0 Å². The number of imide groups is 1. The summed E-state index contributed by atoms with van der Waals surface area (Å²) in [6.45, 7) is 4.87. The predicted molar refractivity (Wildman–Crippen MR) is 109 cm³/mol. The number of carbonyl (C=O) groups excluding carboxylic acids is 2. The van der Waals surface area contributed by atoms with Crippen molar-refractivity contribution in [2.75, 3.05) is 5.75 Å². The topological polar surface area (TPSA) is 81.8 Å². The van der Waals surface area contributed by atoms with Gasteiger partial charge in [-0.15, -0.1) is 10.2 Å². The standard InChI is InChI=1S/C20H23N5O2S/c1-4-10-25-18(15-8-5-7-14(2)12-15)22-23-20(25)28-13-17(26)21-19(27)16-9-6-11-24(16)3/h5-9,11-12H,4,10,13H2,1-3H3,(H,21,26,27). The van der Waals surface area contributed by atoms with E-state index < -0.39 is 5.91 Å². The molecule has 2 aromatic heterocycles. The highest BCUT2D eigenvalue weighted by Crippen LogP contribution is 2.25. The number of rotatable bonds is 7. The van der Waals surface area contributed by atoms with Crippen molar-refractivity contribution < 1.29 is 9.59 Å². The van der Waals surface area contributed by atoms with Gasteiger partial charge in [-0.25, -0.2) is 0 Å². The number of thioether (sulfide) groups is 1. The summed E-state index contributed by atoms with van der Waals surface area (Å²) in [5.41, 5.74) is 2.58. The van der Waals surface area contributed by atoms with Crippen LogP contribution in [0.2, 0.25) is 0 Å². The molecule has 0 atom stereocenters. The number of amides is 2. The van der Waals surface area contributed by atoms with Crippen molar-refractivity contribution in [3.63, 3.8) is 0 Å². The van der Waals surface area contributed by atoms with Crippen molar-refractivity contribution in [1.82, 2.24) is 24.6 Å². The summed E-state index contributed by atoms with van der Waals surface area (Å²) in [6.07, 6.45) is 2.68. The van der Waals surface area contributed by atoms with Gasteiger partial charge in [-0.1, -0.05) is 42.4 Å². The van der Waals surface area contributed by atoms with E-state index in [4.69, 9.17) is 0 Å². The first-order valence-corrected chi connectivity index (χ1v) is 10.1. The number of nitrogens with zero attached hydrogens (tertiary/aromatic N) is 4. The van der Waals surface area contributed by atoms with Gasteiger partial charge in [0.2, 0.25) is 5.91 Å². The molecule has 0 spiro atoms. The number of nitrogens with one attached hydrogen (secondary N) is 1. The molecular weight excluding hydrogens is 374 g/mol. The fourth-order valence-electron chi connectivity index (χ4n) is 2.87. The van der Waals surface area contributed by atoms with E-state index in [1.807, 2.05) is 29.7 Å². The van der Waals surface area contributed by atoms with Crippen LogP contribution in [0.1, 0.15) is 29.4 Å². The van der Waals surface area contributed by atoms with Gasteiger partial charge in [-0.3, -0.25) is 14.9 Å². The van der Waals surface area contributed by atoms with E-state index in [1.165, 1.54) is 11.8 Å². The minimum absolute atomic E-state index is 0.0891. The zero-order chi connectivity index (χ0) is 20.1. The first-order chi connectivity index (χ1) is 13.5. The first kappa shape index (κ1) is 19.9. The zero-order valence-electron chi connectivity index (χ0n) is 16.2. The lowest BCUT2D eigenvalue weighted by Crippen LogP contribution is -2.33. The van der Waals surface area contributed by atoms with Crippen molar-refractivity contribution in [3.8, 4) is 11.4 Å². The molecular formula is C20H23N5O2S. The molecule has 1 N–H and O–H groups in total. The molecule has 0 bridgehead atoms. The van der Waals surface area contributed by atoms with E-state index in [-0.39, 0.29) is 11.7 Å². The van der Waals surface area contributed by atoms with Crippen molar-refractivity contribution >= 4 is 23.6 Å². The summed E-state index contributed by atoms with van der Waals surface area (Å²) >= 11 is 1.28. The van der Waals surface area contributed by atoms with E-state index in [9.17, 15) is 9.59 Å². The third-order valence-electron chi connectivity index (χ3n) is 4.20. The molecule has 3 rings (SSSR count). The lowest BCUT2D eigenvalue weighted by molar-refractivity contribution is -0.117.